The first-order valence-electron chi connectivity index (χ1n) is 7.72. The SMILES string of the molecule is COC(=O)c1c(NC(=O)c2cccc([N+](=O)[O-])c2C)sc2c1CCC2. The molecule has 0 fully saturated rings. The van der Waals surface area contributed by atoms with E-state index >= 15 is 0 Å². The van der Waals surface area contributed by atoms with E-state index < -0.39 is 16.8 Å². The number of esters is 1. The number of nitro benzene ring substituents is 1. The first-order valence-corrected chi connectivity index (χ1v) is 8.54. The summed E-state index contributed by atoms with van der Waals surface area (Å²) in [5.74, 6) is -0.961. The third-order valence-corrected chi connectivity index (χ3v) is 5.49. The number of fused-ring (bicyclic) bond motifs is 1. The predicted octanol–water partition coefficient (Wildman–Crippen LogP) is 3.49. The number of aryl methyl sites for hydroxylation is 1. The van der Waals surface area contributed by atoms with Gasteiger partial charge in [0.05, 0.1) is 17.6 Å². The van der Waals surface area contributed by atoms with Gasteiger partial charge in [0, 0.05) is 22.1 Å². The summed E-state index contributed by atoms with van der Waals surface area (Å²) in [6, 6.07) is 4.35. The molecule has 0 aliphatic heterocycles. The van der Waals surface area contributed by atoms with Crippen LogP contribution in [0.4, 0.5) is 10.7 Å². The van der Waals surface area contributed by atoms with Gasteiger partial charge in [-0.15, -0.1) is 11.3 Å². The van der Waals surface area contributed by atoms with E-state index in [1.807, 2.05) is 0 Å². The molecule has 0 saturated heterocycles. The summed E-state index contributed by atoms with van der Waals surface area (Å²) in [5, 5.41) is 14.2. The van der Waals surface area contributed by atoms with Gasteiger partial charge in [0.1, 0.15) is 5.00 Å². The van der Waals surface area contributed by atoms with Gasteiger partial charge < -0.3 is 10.1 Å². The quantitative estimate of drug-likeness (QED) is 0.511. The molecule has 7 nitrogen and oxygen atoms in total. The van der Waals surface area contributed by atoms with Gasteiger partial charge in [0.15, 0.2) is 0 Å². The Morgan fingerprint density at radius 2 is 2.08 bits per heavy atom. The van der Waals surface area contributed by atoms with Crippen LogP contribution in [0.25, 0.3) is 0 Å². The van der Waals surface area contributed by atoms with Crippen LogP contribution in [-0.4, -0.2) is 23.9 Å². The lowest BCUT2D eigenvalue weighted by molar-refractivity contribution is -0.385. The van der Waals surface area contributed by atoms with Crippen LogP contribution in [0.1, 0.15) is 43.1 Å². The van der Waals surface area contributed by atoms with Crippen molar-refractivity contribution < 1.29 is 19.2 Å². The van der Waals surface area contributed by atoms with Crippen molar-refractivity contribution >= 4 is 33.9 Å². The summed E-state index contributed by atoms with van der Waals surface area (Å²) in [4.78, 5) is 36.3. The van der Waals surface area contributed by atoms with E-state index in [4.69, 9.17) is 4.74 Å². The van der Waals surface area contributed by atoms with E-state index in [2.05, 4.69) is 5.32 Å². The number of ether oxygens (including phenoxy) is 1. The number of hydrogen-bond donors (Lipinski definition) is 1. The van der Waals surface area contributed by atoms with Gasteiger partial charge in [-0.1, -0.05) is 6.07 Å². The zero-order valence-corrected chi connectivity index (χ0v) is 14.6. The second-order valence-electron chi connectivity index (χ2n) is 5.71. The minimum atomic E-state index is -0.522. The van der Waals surface area contributed by atoms with E-state index in [1.54, 1.807) is 0 Å². The molecule has 130 valence electrons. The van der Waals surface area contributed by atoms with Crippen molar-refractivity contribution in [2.75, 3.05) is 12.4 Å². The molecule has 1 aliphatic carbocycles. The van der Waals surface area contributed by atoms with Gasteiger partial charge in [-0.2, -0.15) is 0 Å². The van der Waals surface area contributed by atoms with E-state index in [0.29, 0.717) is 10.6 Å². The van der Waals surface area contributed by atoms with Gasteiger partial charge in [0.2, 0.25) is 0 Å². The maximum atomic E-state index is 12.6. The Bertz CT molecular complexity index is 887. The fourth-order valence-corrected chi connectivity index (χ4v) is 4.32. The van der Waals surface area contributed by atoms with Gasteiger partial charge in [-0.3, -0.25) is 14.9 Å². The zero-order valence-electron chi connectivity index (χ0n) is 13.8. The number of amides is 1. The number of nitrogens with one attached hydrogen (secondary N) is 1. The van der Waals surface area contributed by atoms with Crippen LogP contribution in [0, 0.1) is 17.0 Å². The van der Waals surface area contributed by atoms with Crippen molar-refractivity contribution in [3.63, 3.8) is 0 Å². The van der Waals surface area contributed by atoms with Crippen LogP contribution >= 0.6 is 11.3 Å². The highest BCUT2D eigenvalue weighted by molar-refractivity contribution is 7.17. The van der Waals surface area contributed by atoms with Crippen molar-refractivity contribution in [3.8, 4) is 0 Å². The Morgan fingerprint density at radius 3 is 2.76 bits per heavy atom. The lowest BCUT2D eigenvalue weighted by Gasteiger charge is -2.09. The number of nitro groups is 1. The largest absolute Gasteiger partial charge is 0.465 e. The average Bonchev–Trinajstić information content (AvgIpc) is 3.14. The molecule has 1 heterocycles. The van der Waals surface area contributed by atoms with Crippen molar-refractivity contribution in [2.45, 2.75) is 26.2 Å². The molecule has 1 aromatic heterocycles. The molecule has 2 aromatic rings. The Morgan fingerprint density at radius 1 is 1.32 bits per heavy atom. The van der Waals surface area contributed by atoms with Gasteiger partial charge >= 0.3 is 5.97 Å². The number of methoxy groups -OCH3 is 1. The summed E-state index contributed by atoms with van der Waals surface area (Å²) < 4.78 is 4.85. The van der Waals surface area contributed by atoms with Crippen LogP contribution in [0.3, 0.4) is 0 Å². The molecule has 25 heavy (non-hydrogen) atoms. The molecule has 0 bridgehead atoms. The summed E-state index contributed by atoms with van der Waals surface area (Å²) in [6.45, 7) is 1.53. The maximum Gasteiger partial charge on any atom is 0.341 e. The van der Waals surface area contributed by atoms with Crippen molar-refractivity contribution in [3.05, 3.63) is 55.4 Å². The molecular weight excluding hydrogens is 344 g/mol. The first kappa shape index (κ1) is 17.1. The topological polar surface area (TPSA) is 98.5 Å². The fourth-order valence-electron chi connectivity index (χ4n) is 3.05. The highest BCUT2D eigenvalue weighted by Gasteiger charge is 2.28. The number of hydrogen-bond acceptors (Lipinski definition) is 6. The Kier molecular flexibility index (Phi) is 4.54. The van der Waals surface area contributed by atoms with Crippen molar-refractivity contribution in [1.29, 1.82) is 0 Å². The van der Waals surface area contributed by atoms with Crippen molar-refractivity contribution in [1.82, 2.24) is 0 Å². The third-order valence-electron chi connectivity index (χ3n) is 4.28. The number of benzene rings is 1. The molecule has 0 atom stereocenters. The van der Waals surface area contributed by atoms with Gasteiger partial charge in [-0.05, 0) is 37.8 Å². The molecule has 0 radical (unpaired) electrons. The molecule has 8 heteroatoms. The highest BCUT2D eigenvalue weighted by Crippen LogP contribution is 2.39. The standard InChI is InChI=1S/C17H16N2O5S/c1-9-10(5-3-7-12(9)19(22)23)15(20)18-16-14(17(21)24-2)11-6-4-8-13(11)25-16/h3,5,7H,4,6,8H2,1-2H3,(H,18,20). The van der Waals surface area contributed by atoms with E-state index in [-0.39, 0.29) is 16.8 Å². The van der Waals surface area contributed by atoms with E-state index in [9.17, 15) is 19.7 Å². The second-order valence-corrected chi connectivity index (χ2v) is 6.82. The maximum absolute atomic E-state index is 12.6. The summed E-state index contributed by atoms with van der Waals surface area (Å²) >= 11 is 1.37. The second kappa shape index (κ2) is 6.64. The summed E-state index contributed by atoms with van der Waals surface area (Å²) in [5.41, 5.74) is 1.71. The average molecular weight is 360 g/mol. The minimum Gasteiger partial charge on any atom is -0.465 e. The van der Waals surface area contributed by atoms with Crippen LogP contribution in [-0.2, 0) is 17.6 Å². The number of carbonyl (C=O) groups is 2. The monoisotopic (exact) mass is 360 g/mol. The lowest BCUT2D eigenvalue weighted by Crippen LogP contribution is -2.16. The molecule has 0 saturated carbocycles. The summed E-state index contributed by atoms with van der Waals surface area (Å²) in [7, 11) is 1.30. The van der Waals surface area contributed by atoms with E-state index in [1.165, 1.54) is 43.6 Å². The molecule has 1 aliphatic rings. The first-order chi connectivity index (χ1) is 11.9. The van der Waals surface area contributed by atoms with Crippen LogP contribution < -0.4 is 5.32 Å². The van der Waals surface area contributed by atoms with Crippen LogP contribution in [0.2, 0.25) is 0 Å². The molecule has 3 rings (SSSR count). The van der Waals surface area contributed by atoms with Crippen LogP contribution in [0.15, 0.2) is 18.2 Å². The summed E-state index contributed by atoms with van der Waals surface area (Å²) in [6.07, 6.45) is 2.63. The molecule has 1 N–H and O–H groups in total. The van der Waals surface area contributed by atoms with Crippen LogP contribution in [0.5, 0.6) is 0 Å². The number of anilines is 1. The fraction of sp³-hybridized carbons (Fsp3) is 0.294. The normalized spacial score (nSPS) is 12.6. The van der Waals surface area contributed by atoms with Crippen molar-refractivity contribution in [2.24, 2.45) is 0 Å². The Hall–Kier alpha value is -2.74. The molecule has 0 spiro atoms. The highest BCUT2D eigenvalue weighted by atomic mass is 32.1. The molecule has 1 amide bonds. The number of carbonyl (C=O) groups excluding carboxylic acids is 2. The molecular formula is C17H16N2O5S. The Labute approximate surface area is 147 Å². The number of rotatable bonds is 4. The third kappa shape index (κ3) is 3.00. The molecule has 0 unspecified atom stereocenters. The predicted molar refractivity (Wildman–Crippen MR) is 93.5 cm³/mol. The molecule has 1 aromatic carbocycles. The van der Waals surface area contributed by atoms with Gasteiger partial charge in [-0.25, -0.2) is 4.79 Å². The van der Waals surface area contributed by atoms with Gasteiger partial charge in [0.25, 0.3) is 11.6 Å². The van der Waals surface area contributed by atoms with E-state index in [0.717, 1.165) is 29.7 Å². The Balaban J connectivity index is 1.96. The number of nitrogens with zero attached hydrogens (tertiary/aromatic N) is 1. The zero-order chi connectivity index (χ0) is 18.1. The minimum absolute atomic E-state index is 0.116. The lowest BCUT2D eigenvalue weighted by atomic mass is 10.1. The smallest absolute Gasteiger partial charge is 0.341 e. The number of thiophene rings is 1.